The van der Waals surface area contributed by atoms with E-state index in [2.05, 4.69) is 0 Å². The molecule has 4 nitrogen and oxygen atoms in total. The Morgan fingerprint density at radius 1 is 1.17 bits per heavy atom. The Morgan fingerprint density at radius 2 is 1.94 bits per heavy atom. The fraction of sp³-hybridized carbons (Fsp3) is 0.846. The molecule has 0 aliphatic carbocycles. The zero-order valence-electron chi connectivity index (χ0n) is 10.9. The van der Waals surface area contributed by atoms with E-state index >= 15 is 0 Å². The van der Waals surface area contributed by atoms with Crippen LogP contribution in [-0.4, -0.2) is 47.5 Å². The minimum absolute atomic E-state index is 0.0593. The normalized spacial score (nSPS) is 28.8. The van der Waals surface area contributed by atoms with Crippen LogP contribution in [0, 0.1) is 0 Å². The first-order valence-electron chi connectivity index (χ1n) is 6.74. The fourth-order valence-electron chi connectivity index (χ4n) is 2.70. The van der Waals surface area contributed by atoms with Crippen LogP contribution in [0.3, 0.4) is 0 Å². The smallest absolute Gasteiger partial charge is 0.328 e. The molecule has 0 saturated carbocycles. The van der Waals surface area contributed by atoms with Crippen LogP contribution in [0.1, 0.15) is 38.5 Å². The summed E-state index contributed by atoms with van der Waals surface area (Å²) >= 11 is 1.74. The van der Waals surface area contributed by atoms with E-state index in [-0.39, 0.29) is 23.2 Å². The molecule has 2 saturated heterocycles. The van der Waals surface area contributed by atoms with E-state index in [0.29, 0.717) is 6.54 Å². The predicted molar refractivity (Wildman–Crippen MR) is 71.5 cm³/mol. The summed E-state index contributed by atoms with van der Waals surface area (Å²) in [5, 5.41) is 0.0593. The predicted octanol–water partition coefficient (Wildman–Crippen LogP) is 1.83. The molecule has 1 amide bonds. The lowest BCUT2D eigenvalue weighted by Gasteiger charge is -2.36. The minimum Gasteiger partial charge on any atom is -0.467 e. The Morgan fingerprint density at radius 3 is 2.61 bits per heavy atom. The van der Waals surface area contributed by atoms with E-state index in [1.165, 1.54) is 13.5 Å². The number of methoxy groups -OCH3 is 1. The van der Waals surface area contributed by atoms with Gasteiger partial charge in [-0.2, -0.15) is 0 Å². The lowest BCUT2D eigenvalue weighted by Crippen LogP contribution is -2.51. The molecule has 5 heteroatoms. The molecule has 2 fully saturated rings. The lowest BCUT2D eigenvalue weighted by molar-refractivity contribution is -0.154. The van der Waals surface area contributed by atoms with Gasteiger partial charge in [0.25, 0.3) is 0 Å². The van der Waals surface area contributed by atoms with E-state index in [9.17, 15) is 9.59 Å². The third-order valence-corrected chi connectivity index (χ3v) is 5.08. The fourth-order valence-corrected chi connectivity index (χ4v) is 3.96. The first-order chi connectivity index (χ1) is 8.74. The van der Waals surface area contributed by atoms with Crippen LogP contribution < -0.4 is 0 Å². The zero-order chi connectivity index (χ0) is 13.0. The minimum atomic E-state index is -0.348. The van der Waals surface area contributed by atoms with Crippen molar-refractivity contribution >= 4 is 23.6 Å². The molecular formula is C13H21NO3S. The van der Waals surface area contributed by atoms with E-state index in [1.54, 1.807) is 16.7 Å². The third-order valence-electron chi connectivity index (χ3n) is 3.71. The average molecular weight is 271 g/mol. The highest BCUT2D eigenvalue weighted by molar-refractivity contribution is 8.00. The second-order valence-electron chi connectivity index (χ2n) is 4.92. The lowest BCUT2D eigenvalue weighted by atomic mass is 10.0. The highest BCUT2D eigenvalue weighted by atomic mass is 32.2. The summed E-state index contributed by atoms with van der Waals surface area (Å²) in [5.41, 5.74) is 0. The van der Waals surface area contributed by atoms with Crippen molar-refractivity contribution < 1.29 is 14.3 Å². The van der Waals surface area contributed by atoms with Crippen LogP contribution in [-0.2, 0) is 14.3 Å². The number of hydrogen-bond donors (Lipinski definition) is 0. The molecule has 0 radical (unpaired) electrons. The van der Waals surface area contributed by atoms with Crippen LogP contribution in [0.25, 0.3) is 0 Å². The summed E-state index contributed by atoms with van der Waals surface area (Å²) in [5.74, 6) is 0.950. The summed E-state index contributed by atoms with van der Waals surface area (Å²) in [4.78, 5) is 26.0. The zero-order valence-corrected chi connectivity index (χ0v) is 11.7. The highest BCUT2D eigenvalue weighted by Gasteiger charge is 2.36. The summed E-state index contributed by atoms with van der Waals surface area (Å²) in [7, 11) is 1.40. The number of piperidine rings is 1. The number of esters is 1. The van der Waals surface area contributed by atoms with Gasteiger partial charge in [-0.25, -0.2) is 4.79 Å². The highest BCUT2D eigenvalue weighted by Crippen LogP contribution is 2.29. The third kappa shape index (κ3) is 2.99. The number of carbonyl (C=O) groups is 2. The van der Waals surface area contributed by atoms with Crippen molar-refractivity contribution in [2.75, 3.05) is 19.4 Å². The van der Waals surface area contributed by atoms with Crippen molar-refractivity contribution in [1.29, 1.82) is 0 Å². The van der Waals surface area contributed by atoms with Crippen LogP contribution >= 0.6 is 11.8 Å². The van der Waals surface area contributed by atoms with E-state index in [1.807, 2.05) is 0 Å². The van der Waals surface area contributed by atoms with Crippen molar-refractivity contribution in [3.8, 4) is 0 Å². The van der Waals surface area contributed by atoms with Gasteiger partial charge in [0.05, 0.1) is 12.4 Å². The number of hydrogen-bond acceptors (Lipinski definition) is 4. The summed E-state index contributed by atoms with van der Waals surface area (Å²) in [6.45, 7) is 0.704. The number of likely N-dealkylation sites (tertiary alicyclic amines) is 1. The van der Waals surface area contributed by atoms with Crippen LogP contribution in [0.2, 0.25) is 0 Å². The van der Waals surface area contributed by atoms with Crippen LogP contribution in [0.5, 0.6) is 0 Å². The molecule has 0 N–H and O–H groups in total. The van der Waals surface area contributed by atoms with Gasteiger partial charge >= 0.3 is 5.97 Å². The average Bonchev–Trinajstić information content (AvgIpc) is 2.46. The number of amides is 1. The van der Waals surface area contributed by atoms with Gasteiger partial charge in [0.15, 0.2) is 0 Å². The molecule has 102 valence electrons. The first-order valence-corrected chi connectivity index (χ1v) is 7.79. The van der Waals surface area contributed by atoms with Gasteiger partial charge in [-0.15, -0.1) is 11.8 Å². The summed E-state index contributed by atoms with van der Waals surface area (Å²) < 4.78 is 4.82. The molecule has 18 heavy (non-hydrogen) atoms. The number of ether oxygens (including phenoxy) is 1. The molecule has 2 atom stereocenters. The maximum atomic E-state index is 12.5. The monoisotopic (exact) mass is 271 g/mol. The number of rotatable bonds is 2. The van der Waals surface area contributed by atoms with Crippen molar-refractivity contribution in [3.63, 3.8) is 0 Å². The molecule has 0 aromatic heterocycles. The van der Waals surface area contributed by atoms with E-state index in [0.717, 1.165) is 37.9 Å². The Bertz CT molecular complexity index is 315. The molecule has 0 aromatic carbocycles. The second-order valence-corrected chi connectivity index (χ2v) is 6.23. The molecular weight excluding hydrogens is 250 g/mol. The van der Waals surface area contributed by atoms with Crippen molar-refractivity contribution in [2.24, 2.45) is 0 Å². The van der Waals surface area contributed by atoms with Gasteiger partial charge in [-0.05, 0) is 37.9 Å². The summed E-state index contributed by atoms with van der Waals surface area (Å²) in [6.07, 6.45) is 6.02. The van der Waals surface area contributed by atoms with Gasteiger partial charge < -0.3 is 9.64 Å². The van der Waals surface area contributed by atoms with Gasteiger partial charge in [-0.3, -0.25) is 4.79 Å². The Hall–Kier alpha value is -0.710. The molecule has 2 aliphatic rings. The van der Waals surface area contributed by atoms with E-state index in [4.69, 9.17) is 4.74 Å². The van der Waals surface area contributed by atoms with Gasteiger partial charge in [0.1, 0.15) is 6.04 Å². The Kier molecular flexibility index (Phi) is 4.92. The largest absolute Gasteiger partial charge is 0.467 e. The molecule has 2 heterocycles. The van der Waals surface area contributed by atoms with Gasteiger partial charge in [0.2, 0.25) is 5.91 Å². The maximum absolute atomic E-state index is 12.5. The quantitative estimate of drug-likeness (QED) is 0.719. The first kappa shape index (κ1) is 13.7. The SMILES string of the molecule is COC(=O)[C@H]1CCCCN1C(=O)C1CCCCS1. The molecule has 1 unspecified atom stereocenters. The van der Waals surface area contributed by atoms with E-state index < -0.39 is 0 Å². The number of nitrogens with zero attached hydrogens (tertiary/aromatic N) is 1. The van der Waals surface area contributed by atoms with Crippen LogP contribution in [0.15, 0.2) is 0 Å². The standard InChI is InChI=1S/C13H21NO3S/c1-17-13(16)10-6-2-4-8-14(10)12(15)11-7-3-5-9-18-11/h10-11H,2-9H2,1H3/t10-,11?/m1/s1. The van der Waals surface area contributed by atoms with Crippen molar-refractivity contribution in [1.82, 2.24) is 4.90 Å². The number of carbonyl (C=O) groups excluding carboxylic acids is 2. The Labute approximate surface area is 112 Å². The van der Waals surface area contributed by atoms with Crippen molar-refractivity contribution in [3.05, 3.63) is 0 Å². The molecule has 0 bridgehead atoms. The second kappa shape index (κ2) is 6.45. The van der Waals surface area contributed by atoms with Crippen molar-refractivity contribution in [2.45, 2.75) is 49.8 Å². The maximum Gasteiger partial charge on any atom is 0.328 e. The molecule has 2 aliphatic heterocycles. The molecule has 0 spiro atoms. The van der Waals surface area contributed by atoms with Gasteiger partial charge in [-0.1, -0.05) is 6.42 Å². The van der Waals surface area contributed by atoms with Crippen LogP contribution in [0.4, 0.5) is 0 Å². The molecule has 2 rings (SSSR count). The molecule has 0 aromatic rings. The summed E-state index contributed by atoms with van der Waals surface area (Å²) in [6, 6.07) is -0.348. The topological polar surface area (TPSA) is 46.6 Å². The van der Waals surface area contributed by atoms with Gasteiger partial charge in [0, 0.05) is 6.54 Å². The number of thioether (sulfide) groups is 1. The Balaban J connectivity index is 2.03.